The van der Waals surface area contributed by atoms with Crippen LogP contribution in [-0.4, -0.2) is 75.6 Å². The Morgan fingerprint density at radius 2 is 1.84 bits per heavy atom. The molecule has 13 heteroatoms. The van der Waals surface area contributed by atoms with Crippen LogP contribution < -0.4 is 20.7 Å². The zero-order chi connectivity index (χ0) is 35.3. The molecule has 51 heavy (non-hydrogen) atoms. The summed E-state index contributed by atoms with van der Waals surface area (Å²) >= 11 is 14.2. The van der Waals surface area contributed by atoms with E-state index in [0.29, 0.717) is 53.2 Å². The molecule has 0 radical (unpaired) electrons. The van der Waals surface area contributed by atoms with E-state index >= 15 is 0 Å². The van der Waals surface area contributed by atoms with Crippen LogP contribution in [0, 0.1) is 5.41 Å². The van der Waals surface area contributed by atoms with Crippen molar-refractivity contribution >= 4 is 46.0 Å². The van der Waals surface area contributed by atoms with Crippen molar-refractivity contribution in [2.24, 2.45) is 12.5 Å². The van der Waals surface area contributed by atoms with Gasteiger partial charge in [0.05, 0.1) is 39.6 Å². The number of aromatic nitrogens is 4. The van der Waals surface area contributed by atoms with E-state index in [0.717, 1.165) is 77.0 Å². The molecule has 5 aromatic rings. The summed E-state index contributed by atoms with van der Waals surface area (Å²) in [5, 5.41) is 10.3. The first-order valence-corrected chi connectivity index (χ1v) is 17.9. The smallest absolute Gasteiger partial charge is 0.220 e. The number of carbonyl (C=O) groups is 2. The third kappa shape index (κ3) is 6.44. The summed E-state index contributed by atoms with van der Waals surface area (Å²) in [5.41, 5.74) is 8.42. The standard InChI is InChI=1S/C38H38Cl2N8O3/c1-47-17-24(18-48-20-38(21-48)13-32(50)44-19-38)35-30(47)12-23(15-43-35)36-34(40)27(10-11-42-36)26-4-3-5-28(33(26)39)29-8-6-22(37(46-29)51-2)14-41-16-25-7-9-31(49)45-25/h3-6,8,10-12,15,17,25,41H,7,9,13-14,16,18-21H2,1-2H3,(H,44,50)(H,45,49)/t25-/m0/s1. The fourth-order valence-electron chi connectivity index (χ4n) is 7.74. The number of rotatable bonds is 10. The number of hydrogen-bond acceptors (Lipinski definition) is 8. The Hall–Kier alpha value is -4.55. The van der Waals surface area contributed by atoms with E-state index in [-0.39, 0.29) is 23.3 Å². The number of fused-ring (bicyclic) bond motifs is 1. The fourth-order valence-corrected chi connectivity index (χ4v) is 8.39. The molecule has 0 unspecified atom stereocenters. The third-order valence-electron chi connectivity index (χ3n) is 10.3. The van der Waals surface area contributed by atoms with Crippen LogP contribution in [0.3, 0.4) is 0 Å². The molecule has 0 aliphatic carbocycles. The molecule has 11 nitrogen and oxygen atoms in total. The number of nitrogens with zero attached hydrogens (tertiary/aromatic N) is 5. The molecule has 0 saturated carbocycles. The number of carbonyl (C=O) groups excluding carboxylic acids is 2. The van der Waals surface area contributed by atoms with Gasteiger partial charge in [-0.1, -0.05) is 47.5 Å². The minimum Gasteiger partial charge on any atom is -0.481 e. The van der Waals surface area contributed by atoms with Gasteiger partial charge in [-0.05, 0) is 24.6 Å². The molecule has 262 valence electrons. The molecular formula is C38H38Cl2N8O3. The Balaban J connectivity index is 1.02. The molecule has 2 amide bonds. The molecule has 3 aliphatic heterocycles. The second-order valence-electron chi connectivity index (χ2n) is 13.9. The second kappa shape index (κ2) is 13.5. The summed E-state index contributed by atoms with van der Waals surface area (Å²) in [6, 6.07) is 13.8. The Morgan fingerprint density at radius 3 is 2.61 bits per heavy atom. The minimum atomic E-state index is 0.0844. The first kappa shape index (κ1) is 33.6. The molecule has 1 atom stereocenters. The molecular weight excluding hydrogens is 687 g/mol. The lowest BCUT2D eigenvalue weighted by atomic mass is 9.79. The minimum absolute atomic E-state index is 0.0844. The van der Waals surface area contributed by atoms with Crippen LogP contribution >= 0.6 is 23.2 Å². The summed E-state index contributed by atoms with van der Waals surface area (Å²) < 4.78 is 7.75. The maximum Gasteiger partial charge on any atom is 0.220 e. The second-order valence-corrected chi connectivity index (χ2v) is 14.7. The SMILES string of the molecule is COc1nc(-c2cccc(-c3ccnc(-c4cnc5c(CN6CC7(CNC(=O)C7)C6)cn(C)c5c4)c3Cl)c2Cl)ccc1CNC[C@@H]1CCC(=O)N1. The molecule has 0 bridgehead atoms. The summed E-state index contributed by atoms with van der Waals surface area (Å²) in [6.07, 6.45) is 7.72. The summed E-state index contributed by atoms with van der Waals surface area (Å²) in [6.45, 7) is 4.60. The fraction of sp³-hybridized carbons (Fsp3) is 0.342. The van der Waals surface area contributed by atoms with Gasteiger partial charge in [-0.2, -0.15) is 0 Å². The van der Waals surface area contributed by atoms with E-state index in [1.54, 1.807) is 13.3 Å². The van der Waals surface area contributed by atoms with E-state index in [4.69, 9.17) is 37.9 Å². The number of benzene rings is 1. The van der Waals surface area contributed by atoms with E-state index in [2.05, 4.69) is 42.7 Å². The number of ether oxygens (including phenoxy) is 1. The maximum atomic E-state index is 11.8. The molecule has 1 aromatic carbocycles. The van der Waals surface area contributed by atoms with Crippen molar-refractivity contribution in [2.75, 3.05) is 33.3 Å². The predicted octanol–water partition coefficient (Wildman–Crippen LogP) is 5.37. The van der Waals surface area contributed by atoms with Gasteiger partial charge >= 0.3 is 0 Å². The number of amides is 2. The van der Waals surface area contributed by atoms with Crippen LogP contribution in [0.15, 0.2) is 61.1 Å². The van der Waals surface area contributed by atoms with E-state index in [1.165, 1.54) is 0 Å². The highest BCUT2D eigenvalue weighted by Gasteiger charge is 2.48. The van der Waals surface area contributed by atoms with E-state index < -0.39 is 0 Å². The van der Waals surface area contributed by atoms with Crippen LogP contribution in [0.4, 0.5) is 0 Å². The van der Waals surface area contributed by atoms with E-state index in [9.17, 15) is 9.59 Å². The van der Waals surface area contributed by atoms with Gasteiger partial charge in [0.25, 0.3) is 0 Å². The molecule has 3 saturated heterocycles. The first-order valence-electron chi connectivity index (χ1n) is 17.1. The number of pyridine rings is 3. The van der Waals surface area contributed by atoms with Crippen molar-refractivity contribution in [3.05, 3.63) is 82.2 Å². The lowest BCUT2D eigenvalue weighted by Gasteiger charge is -2.47. The molecule has 3 N–H and O–H groups in total. The Labute approximate surface area is 305 Å². The normalized spacial score (nSPS) is 18.3. The number of likely N-dealkylation sites (tertiary alicyclic amines) is 1. The topological polar surface area (TPSA) is 126 Å². The van der Waals surface area contributed by atoms with Crippen LogP contribution in [0.1, 0.15) is 30.4 Å². The Kier molecular flexibility index (Phi) is 8.91. The van der Waals surface area contributed by atoms with Gasteiger partial charge in [0.1, 0.15) is 0 Å². The van der Waals surface area contributed by atoms with E-state index in [1.807, 2.05) is 49.6 Å². The van der Waals surface area contributed by atoms with Crippen molar-refractivity contribution in [2.45, 2.75) is 38.4 Å². The van der Waals surface area contributed by atoms with Crippen molar-refractivity contribution in [3.63, 3.8) is 0 Å². The lowest BCUT2D eigenvalue weighted by molar-refractivity contribution is -0.121. The largest absolute Gasteiger partial charge is 0.481 e. The zero-order valence-electron chi connectivity index (χ0n) is 28.4. The van der Waals surface area contributed by atoms with Gasteiger partial charge in [-0.15, -0.1) is 0 Å². The Bertz CT molecular complexity index is 2180. The molecule has 4 aromatic heterocycles. The average Bonchev–Trinajstić information content (AvgIpc) is 3.81. The number of halogens is 2. The van der Waals surface area contributed by atoms with Crippen LogP contribution in [-0.2, 0) is 29.7 Å². The number of aryl methyl sites for hydroxylation is 1. The molecule has 8 rings (SSSR count). The van der Waals surface area contributed by atoms with Gasteiger partial charge in [-0.25, -0.2) is 4.98 Å². The Morgan fingerprint density at radius 1 is 1.02 bits per heavy atom. The van der Waals surface area contributed by atoms with Gasteiger partial charge < -0.3 is 25.3 Å². The third-order valence-corrected chi connectivity index (χ3v) is 11.1. The highest BCUT2D eigenvalue weighted by atomic mass is 35.5. The summed E-state index contributed by atoms with van der Waals surface area (Å²) in [5.74, 6) is 0.758. The first-order chi connectivity index (χ1) is 24.7. The maximum absolute atomic E-state index is 11.8. The molecule has 3 fully saturated rings. The quantitative estimate of drug-likeness (QED) is 0.176. The molecule has 7 heterocycles. The van der Waals surface area contributed by atoms with Crippen molar-refractivity contribution < 1.29 is 14.3 Å². The van der Waals surface area contributed by atoms with Crippen LogP contribution in [0.5, 0.6) is 5.88 Å². The van der Waals surface area contributed by atoms with Crippen LogP contribution in [0.2, 0.25) is 10.0 Å². The van der Waals surface area contributed by atoms with Crippen molar-refractivity contribution in [1.82, 2.24) is 40.4 Å². The van der Waals surface area contributed by atoms with Gasteiger partial charge in [-0.3, -0.25) is 24.5 Å². The highest BCUT2D eigenvalue weighted by Crippen LogP contribution is 2.42. The average molecular weight is 726 g/mol. The number of nitrogens with one attached hydrogen (secondary N) is 3. The van der Waals surface area contributed by atoms with Gasteiger partial charge in [0.15, 0.2) is 0 Å². The number of methoxy groups -OCH3 is 1. The van der Waals surface area contributed by atoms with Crippen LogP contribution in [0.25, 0.3) is 44.7 Å². The van der Waals surface area contributed by atoms with Crippen molar-refractivity contribution in [1.29, 1.82) is 0 Å². The summed E-state index contributed by atoms with van der Waals surface area (Å²) in [4.78, 5) is 40.0. The molecule has 1 spiro atoms. The van der Waals surface area contributed by atoms with Crippen molar-refractivity contribution in [3.8, 4) is 39.5 Å². The monoisotopic (exact) mass is 724 g/mol. The summed E-state index contributed by atoms with van der Waals surface area (Å²) in [7, 11) is 3.62. The lowest BCUT2D eigenvalue weighted by Crippen LogP contribution is -2.56. The highest BCUT2D eigenvalue weighted by molar-refractivity contribution is 6.39. The van der Waals surface area contributed by atoms with Gasteiger partial charge in [0, 0.05) is 123 Å². The zero-order valence-corrected chi connectivity index (χ0v) is 29.9. The molecule has 3 aliphatic rings. The predicted molar refractivity (Wildman–Crippen MR) is 197 cm³/mol. The van der Waals surface area contributed by atoms with Gasteiger partial charge in [0.2, 0.25) is 17.7 Å². The number of hydrogen-bond donors (Lipinski definition) is 3.